The molecular weight excluding hydrogens is 530 g/mol. The van der Waals surface area contributed by atoms with E-state index in [1.54, 1.807) is 29.1 Å². The number of halogens is 2. The van der Waals surface area contributed by atoms with Crippen LogP contribution in [0.3, 0.4) is 0 Å². The topological polar surface area (TPSA) is 125 Å². The van der Waals surface area contributed by atoms with Crippen molar-refractivity contribution in [2.45, 2.75) is 62.6 Å². The number of rotatable bonds is 4. The van der Waals surface area contributed by atoms with Crippen LogP contribution in [0.2, 0.25) is 0 Å². The molecule has 0 bridgehead atoms. The third-order valence-corrected chi connectivity index (χ3v) is 8.46. The molecule has 210 valence electrons. The molecule has 11 heteroatoms. The lowest BCUT2D eigenvalue weighted by atomic mass is 9.86. The van der Waals surface area contributed by atoms with Gasteiger partial charge in [0.1, 0.15) is 11.9 Å². The first-order valence-corrected chi connectivity index (χ1v) is 13.8. The Bertz CT molecular complexity index is 1800. The summed E-state index contributed by atoms with van der Waals surface area (Å²) < 4.78 is 42.9. The van der Waals surface area contributed by atoms with Crippen molar-refractivity contribution in [1.29, 1.82) is 0 Å². The summed E-state index contributed by atoms with van der Waals surface area (Å²) in [6.45, 7) is 0. The zero-order valence-electron chi connectivity index (χ0n) is 22.1. The molecule has 4 heterocycles. The van der Waals surface area contributed by atoms with Gasteiger partial charge >= 0.3 is 5.69 Å². The quantitative estimate of drug-likeness (QED) is 0.290. The molecule has 7 rings (SSSR count). The maximum absolute atomic E-state index is 14.8. The van der Waals surface area contributed by atoms with E-state index in [1.165, 1.54) is 6.07 Å². The third-order valence-electron chi connectivity index (χ3n) is 8.46. The molecule has 5 aromatic rings. The minimum absolute atomic E-state index is 0.0453. The smallest absolute Gasteiger partial charge is 0.327 e. The fourth-order valence-electron chi connectivity index (χ4n) is 6.44. The normalized spacial score (nSPS) is 22.5. The number of pyridine rings is 2. The zero-order chi connectivity index (χ0) is 28.1. The fourth-order valence-corrected chi connectivity index (χ4v) is 6.44. The van der Waals surface area contributed by atoms with Crippen molar-refractivity contribution in [2.24, 2.45) is 5.73 Å². The number of aromatic amines is 1. The standard InChI is InChI=1S/C30H28F2N6O3/c31-21-6-1-4-17(25(21)32)18-11-13-24(27-20(26(18)33)5-2-14-34-27)40-29-19-10-8-16(9-12-23(19)41-37-29)38-22-7-3-15-35-28(22)36-30(38)39/h1-7,14-16,18,24,26H,8-13,33H2,(H,35,36,39)/t16-,18-,24+,26-/m0/s1. The number of nitrogens with one attached hydrogen (secondary N) is 1. The Hall–Kier alpha value is -4.38. The first kappa shape index (κ1) is 25.6. The highest BCUT2D eigenvalue weighted by Crippen LogP contribution is 2.44. The van der Waals surface area contributed by atoms with E-state index in [9.17, 15) is 13.6 Å². The molecular formula is C30H28F2N6O3. The highest BCUT2D eigenvalue weighted by atomic mass is 19.2. The van der Waals surface area contributed by atoms with Crippen molar-refractivity contribution in [3.05, 3.63) is 105 Å². The Balaban J connectivity index is 1.16. The molecule has 0 aliphatic heterocycles. The molecule has 0 unspecified atom stereocenters. The number of benzene rings is 1. The number of aryl methyl sites for hydroxylation is 1. The molecule has 0 saturated heterocycles. The van der Waals surface area contributed by atoms with Crippen molar-refractivity contribution >= 4 is 11.2 Å². The summed E-state index contributed by atoms with van der Waals surface area (Å²) in [6.07, 6.45) is 6.36. The largest absolute Gasteiger partial charge is 0.465 e. The molecule has 0 amide bonds. The van der Waals surface area contributed by atoms with Gasteiger partial charge < -0.3 is 15.0 Å². The van der Waals surface area contributed by atoms with Crippen molar-refractivity contribution < 1.29 is 18.0 Å². The van der Waals surface area contributed by atoms with Gasteiger partial charge in [-0.3, -0.25) is 14.5 Å². The summed E-state index contributed by atoms with van der Waals surface area (Å²) >= 11 is 0. The first-order chi connectivity index (χ1) is 20.0. The maximum atomic E-state index is 14.8. The summed E-state index contributed by atoms with van der Waals surface area (Å²) in [7, 11) is 0. The van der Waals surface area contributed by atoms with Crippen LogP contribution in [0.1, 0.15) is 77.9 Å². The van der Waals surface area contributed by atoms with Gasteiger partial charge in [0, 0.05) is 36.8 Å². The number of aromatic nitrogens is 5. The molecule has 0 saturated carbocycles. The highest BCUT2D eigenvalue weighted by molar-refractivity contribution is 5.70. The van der Waals surface area contributed by atoms with E-state index in [4.69, 9.17) is 15.0 Å². The van der Waals surface area contributed by atoms with Crippen LogP contribution in [0.4, 0.5) is 8.78 Å². The molecule has 1 aromatic carbocycles. The number of fused-ring (bicyclic) bond motifs is 3. The van der Waals surface area contributed by atoms with Crippen molar-refractivity contribution in [2.75, 3.05) is 0 Å². The summed E-state index contributed by atoms with van der Waals surface area (Å²) in [5.41, 5.74) is 10.3. The second-order valence-electron chi connectivity index (χ2n) is 10.7. The fraction of sp³-hybridized carbons (Fsp3) is 0.333. The molecule has 9 nitrogen and oxygen atoms in total. The number of ether oxygens (including phenoxy) is 1. The second kappa shape index (κ2) is 10.2. The van der Waals surface area contributed by atoms with Crippen molar-refractivity contribution in [3.63, 3.8) is 0 Å². The van der Waals surface area contributed by atoms with Crippen LogP contribution >= 0.6 is 0 Å². The van der Waals surface area contributed by atoms with Crippen LogP contribution < -0.4 is 16.2 Å². The summed E-state index contributed by atoms with van der Waals surface area (Å²) in [6, 6.07) is 10.9. The zero-order valence-corrected chi connectivity index (χ0v) is 22.1. The van der Waals surface area contributed by atoms with Gasteiger partial charge in [0.15, 0.2) is 17.3 Å². The number of H-pyrrole nitrogens is 1. The van der Waals surface area contributed by atoms with Gasteiger partial charge in [0.2, 0.25) is 0 Å². The predicted molar refractivity (Wildman–Crippen MR) is 145 cm³/mol. The average molecular weight is 559 g/mol. The number of nitrogens with two attached hydrogens (primary N) is 1. The predicted octanol–water partition coefficient (Wildman–Crippen LogP) is 5.20. The molecule has 0 fully saturated rings. The second-order valence-corrected chi connectivity index (χ2v) is 10.7. The lowest BCUT2D eigenvalue weighted by Crippen LogP contribution is -2.22. The molecule has 3 N–H and O–H groups in total. The first-order valence-electron chi connectivity index (χ1n) is 13.8. The van der Waals surface area contributed by atoms with Crippen LogP contribution in [-0.2, 0) is 12.8 Å². The SMILES string of the molecule is N[C@@H]1c2cccnc2[C@H](Oc2noc3c2CC[C@H](n2c(=O)[nH]c4ncccc42)CC3)CC[C@H]1c1cccc(F)c1F. The monoisotopic (exact) mass is 558 g/mol. The number of hydrogen-bond donors (Lipinski definition) is 2. The van der Waals surface area contributed by atoms with Crippen LogP contribution in [-0.4, -0.2) is 24.7 Å². The van der Waals surface area contributed by atoms with Gasteiger partial charge in [-0.15, -0.1) is 0 Å². The Kier molecular flexibility index (Phi) is 6.38. The maximum Gasteiger partial charge on any atom is 0.327 e. The molecule has 2 aliphatic rings. The molecule has 0 radical (unpaired) electrons. The van der Waals surface area contributed by atoms with Crippen molar-refractivity contribution in [3.8, 4) is 5.88 Å². The molecule has 4 aromatic heterocycles. The number of nitrogens with zero attached hydrogens (tertiary/aromatic N) is 4. The summed E-state index contributed by atoms with van der Waals surface area (Å²) in [4.78, 5) is 24.5. The third kappa shape index (κ3) is 4.40. The average Bonchev–Trinajstić information content (AvgIpc) is 3.40. The van der Waals surface area contributed by atoms with Gasteiger partial charge in [-0.05, 0) is 72.7 Å². The number of imidazole rings is 1. The minimum Gasteiger partial charge on any atom is -0.465 e. The molecule has 41 heavy (non-hydrogen) atoms. The minimum atomic E-state index is -0.895. The molecule has 0 spiro atoms. The van der Waals surface area contributed by atoms with Gasteiger partial charge in [0.05, 0.1) is 16.8 Å². The Morgan fingerprint density at radius 1 is 0.976 bits per heavy atom. The van der Waals surface area contributed by atoms with Gasteiger partial charge in [-0.2, -0.15) is 0 Å². The Labute approximate surface area is 233 Å². The van der Waals surface area contributed by atoms with Crippen LogP contribution in [0.25, 0.3) is 11.2 Å². The molecule has 4 atom stereocenters. The summed E-state index contributed by atoms with van der Waals surface area (Å²) in [5.74, 6) is -1.10. The van der Waals surface area contributed by atoms with E-state index in [-0.39, 0.29) is 17.3 Å². The van der Waals surface area contributed by atoms with Gasteiger partial charge in [-0.25, -0.2) is 18.6 Å². The molecule has 2 aliphatic carbocycles. The van der Waals surface area contributed by atoms with E-state index < -0.39 is 29.7 Å². The van der Waals surface area contributed by atoms with E-state index in [0.717, 1.165) is 28.5 Å². The van der Waals surface area contributed by atoms with Gasteiger partial charge in [0.25, 0.3) is 5.88 Å². The van der Waals surface area contributed by atoms with Crippen LogP contribution in [0.5, 0.6) is 5.88 Å². The summed E-state index contributed by atoms with van der Waals surface area (Å²) in [5, 5.41) is 4.26. The Morgan fingerprint density at radius 2 is 1.78 bits per heavy atom. The Morgan fingerprint density at radius 3 is 2.68 bits per heavy atom. The van der Waals surface area contributed by atoms with Crippen LogP contribution in [0.15, 0.2) is 64.2 Å². The van der Waals surface area contributed by atoms with Crippen molar-refractivity contribution in [1.82, 2.24) is 24.7 Å². The van der Waals surface area contributed by atoms with E-state index in [2.05, 4.69) is 20.1 Å². The number of hydrogen-bond acceptors (Lipinski definition) is 7. The van der Waals surface area contributed by atoms with E-state index in [0.29, 0.717) is 55.7 Å². The van der Waals surface area contributed by atoms with E-state index >= 15 is 0 Å². The van der Waals surface area contributed by atoms with Crippen LogP contribution in [0, 0.1) is 11.6 Å². The lowest BCUT2D eigenvalue weighted by Gasteiger charge is -2.23. The van der Waals surface area contributed by atoms with Gasteiger partial charge in [-0.1, -0.05) is 18.2 Å². The van der Waals surface area contributed by atoms with E-state index in [1.807, 2.05) is 18.2 Å². The highest BCUT2D eigenvalue weighted by Gasteiger charge is 2.36. The lowest BCUT2D eigenvalue weighted by molar-refractivity contribution is 0.167.